The number of amides is 4. The Morgan fingerprint density at radius 3 is 2.30 bits per heavy atom. The lowest BCUT2D eigenvalue weighted by molar-refractivity contribution is -0.164. The maximum atomic E-state index is 15.0. The van der Waals surface area contributed by atoms with Crippen molar-refractivity contribution in [3.8, 4) is 5.75 Å². The summed E-state index contributed by atoms with van der Waals surface area (Å²) in [5, 5.41) is 12.0. The second-order valence-corrected chi connectivity index (χ2v) is 20.0. The molecule has 2 aliphatic heterocycles. The normalized spacial score (nSPS) is 18.6. The fourth-order valence-electron chi connectivity index (χ4n) is 8.59. The minimum Gasteiger partial charge on any atom is -0.483 e. The summed E-state index contributed by atoms with van der Waals surface area (Å²) in [6, 6.07) is 19.2. The maximum Gasteiger partial charge on any atom is 0.330 e. The summed E-state index contributed by atoms with van der Waals surface area (Å²) >= 11 is 1.38. The molecule has 0 bridgehead atoms. The van der Waals surface area contributed by atoms with Gasteiger partial charge in [0.1, 0.15) is 37.3 Å². The first-order chi connectivity index (χ1) is 34.8. The van der Waals surface area contributed by atoms with E-state index < -0.39 is 101 Å². The molecule has 0 radical (unpaired) electrons. The molecule has 3 aromatic carbocycles. The third-order valence-corrected chi connectivity index (χ3v) is 13.9. The molecule has 2 aliphatic rings. The Balaban J connectivity index is 1.12. The molecule has 73 heavy (non-hydrogen) atoms. The molecule has 0 unspecified atom stereocenters. The lowest BCUT2D eigenvalue weighted by Gasteiger charge is -2.35. The van der Waals surface area contributed by atoms with E-state index in [1.165, 1.54) is 29.8 Å². The van der Waals surface area contributed by atoms with Gasteiger partial charge in [0.25, 0.3) is 17.4 Å². The highest BCUT2D eigenvalue weighted by Gasteiger charge is 2.51. The Morgan fingerprint density at radius 2 is 1.59 bits per heavy atom. The van der Waals surface area contributed by atoms with Gasteiger partial charge in [-0.15, -0.1) is 11.8 Å². The minimum atomic E-state index is -1.64. The highest BCUT2D eigenvalue weighted by molar-refractivity contribution is 8.00. The molecule has 2 saturated heterocycles. The zero-order valence-corrected chi connectivity index (χ0v) is 42.4. The smallest absolute Gasteiger partial charge is 0.330 e. The number of hydrogen-bond donors (Lipinski definition) is 4. The summed E-state index contributed by atoms with van der Waals surface area (Å²) in [7, 11) is 0. The lowest BCUT2D eigenvalue weighted by Crippen LogP contribution is -2.60. The van der Waals surface area contributed by atoms with Crippen molar-refractivity contribution < 1.29 is 47.7 Å². The van der Waals surface area contributed by atoms with Crippen LogP contribution in [0.5, 0.6) is 5.75 Å². The first-order valence-electron chi connectivity index (χ1n) is 23.8. The van der Waals surface area contributed by atoms with Gasteiger partial charge < -0.3 is 39.8 Å². The van der Waals surface area contributed by atoms with E-state index in [2.05, 4.69) is 31.0 Å². The predicted octanol–water partition coefficient (Wildman–Crippen LogP) is 4.28. The summed E-state index contributed by atoms with van der Waals surface area (Å²) in [6.07, 6.45) is -2.74. The van der Waals surface area contributed by atoms with Crippen LogP contribution in [0.25, 0.3) is 10.4 Å². The molecular weight excluding hydrogens is 963 g/mol. The van der Waals surface area contributed by atoms with E-state index in [1.807, 2.05) is 83.1 Å². The molecule has 4 aromatic rings. The SMILES string of the molecule is Cc1ccccc1CNC(=O)[C@H]1N(C(=O)[C@@H](OC(=O)CCCC(=O)NCC(=O)OC[C@@H]2O[C@H](n3cc(C)c(=O)[nH]c3=O)C[C@H]2N=[N+]=[N-])[C@H](Cc2ccccc2)NC(=O)COc2c(C)cccc2C)CSC1(C)C. The van der Waals surface area contributed by atoms with E-state index in [4.69, 9.17) is 24.5 Å². The number of esters is 2. The molecule has 0 spiro atoms. The molecule has 6 rings (SSSR count). The summed E-state index contributed by atoms with van der Waals surface area (Å²) in [6.45, 7) is 9.71. The summed E-state index contributed by atoms with van der Waals surface area (Å²) in [5.74, 6) is -3.43. The quantitative estimate of drug-likeness (QED) is 0.0371. The average Bonchev–Trinajstić information content (AvgIpc) is 3.91. The molecule has 2 fully saturated rings. The summed E-state index contributed by atoms with van der Waals surface area (Å²) in [4.78, 5) is 113. The van der Waals surface area contributed by atoms with Crippen LogP contribution in [0.3, 0.4) is 0 Å². The Morgan fingerprint density at radius 1 is 0.890 bits per heavy atom. The molecule has 0 saturated carbocycles. The number of aromatic nitrogens is 2. The van der Waals surface area contributed by atoms with Crippen molar-refractivity contribution in [1.82, 2.24) is 30.4 Å². The van der Waals surface area contributed by atoms with Crippen molar-refractivity contribution in [1.29, 1.82) is 0 Å². The number of aromatic amines is 1. The highest BCUT2D eigenvalue weighted by Crippen LogP contribution is 2.40. The number of nitrogens with zero attached hydrogens (tertiary/aromatic N) is 5. The van der Waals surface area contributed by atoms with Crippen LogP contribution in [0.4, 0.5) is 0 Å². The van der Waals surface area contributed by atoms with Crippen LogP contribution in [-0.2, 0) is 55.9 Å². The van der Waals surface area contributed by atoms with E-state index in [1.54, 1.807) is 24.3 Å². The molecule has 4 amide bonds. The van der Waals surface area contributed by atoms with Gasteiger partial charge in [-0.2, -0.15) is 0 Å². The predicted molar refractivity (Wildman–Crippen MR) is 269 cm³/mol. The number of ether oxygens (including phenoxy) is 4. The van der Waals surface area contributed by atoms with Gasteiger partial charge in [-0.3, -0.25) is 43.1 Å². The van der Waals surface area contributed by atoms with E-state index in [-0.39, 0.29) is 56.7 Å². The van der Waals surface area contributed by atoms with Gasteiger partial charge in [-0.1, -0.05) is 77.9 Å². The van der Waals surface area contributed by atoms with E-state index in [9.17, 15) is 33.6 Å². The molecule has 22 heteroatoms. The van der Waals surface area contributed by atoms with Crippen molar-refractivity contribution in [3.63, 3.8) is 0 Å². The van der Waals surface area contributed by atoms with Crippen LogP contribution in [-0.4, -0.2) is 111 Å². The third kappa shape index (κ3) is 14.8. The fourth-order valence-corrected chi connectivity index (χ4v) is 9.73. The number of H-pyrrole nitrogens is 1. The maximum absolute atomic E-state index is 15.0. The zero-order valence-electron chi connectivity index (χ0n) is 41.6. The van der Waals surface area contributed by atoms with Crippen LogP contribution in [0.1, 0.15) is 79.1 Å². The van der Waals surface area contributed by atoms with Crippen LogP contribution < -0.4 is 31.9 Å². The van der Waals surface area contributed by atoms with Gasteiger partial charge in [0.2, 0.25) is 17.9 Å². The number of carbonyl (C=O) groups is 6. The molecule has 388 valence electrons. The van der Waals surface area contributed by atoms with Crippen molar-refractivity contribution in [2.45, 2.75) is 121 Å². The van der Waals surface area contributed by atoms with Crippen molar-refractivity contribution in [3.05, 3.63) is 144 Å². The number of carbonyl (C=O) groups excluding carboxylic acids is 6. The number of thioether (sulfide) groups is 1. The van der Waals surface area contributed by atoms with Gasteiger partial charge >= 0.3 is 17.6 Å². The number of para-hydroxylation sites is 1. The molecular formula is C51H61N9O12S. The van der Waals surface area contributed by atoms with Crippen LogP contribution in [0, 0.1) is 27.7 Å². The number of rotatable bonds is 22. The minimum absolute atomic E-state index is 0.0428. The summed E-state index contributed by atoms with van der Waals surface area (Å²) < 4.78 is 23.5. The first kappa shape index (κ1) is 54.9. The van der Waals surface area contributed by atoms with E-state index >= 15 is 4.79 Å². The number of benzene rings is 3. The zero-order chi connectivity index (χ0) is 52.8. The monoisotopic (exact) mass is 1020 g/mol. The number of azide groups is 1. The highest BCUT2D eigenvalue weighted by atomic mass is 32.2. The summed E-state index contributed by atoms with van der Waals surface area (Å²) in [5.41, 5.74) is 12.3. The van der Waals surface area contributed by atoms with Crippen LogP contribution in [0.15, 0.2) is 93.7 Å². The second kappa shape index (κ2) is 25.3. The average molecular weight is 1020 g/mol. The van der Waals surface area contributed by atoms with Gasteiger partial charge in [0, 0.05) is 47.2 Å². The van der Waals surface area contributed by atoms with Crippen molar-refractivity contribution >= 4 is 47.3 Å². The van der Waals surface area contributed by atoms with Gasteiger partial charge in [-0.05, 0) is 87.7 Å². The topological polar surface area (TPSA) is 282 Å². The van der Waals surface area contributed by atoms with E-state index in [0.29, 0.717) is 11.3 Å². The largest absolute Gasteiger partial charge is 0.483 e. The Bertz CT molecular complexity index is 2810. The number of aryl methyl sites for hydroxylation is 4. The molecule has 6 atom stereocenters. The van der Waals surface area contributed by atoms with Gasteiger partial charge in [-0.25, -0.2) is 4.79 Å². The standard InChI is InChI=1S/C51H61N9O12S/c1-30-14-10-11-19-35(30)24-54-48(66)46-51(5,6)73-29-60(46)49(67)45(37(22-34-17-8-7-9-18-34)55-40(62)28-70-44-31(2)15-12-16-32(44)3)72-42(63)21-13-20-39(61)53-25-43(64)69-27-38-36(57-58-52)23-41(71-38)59-26-33(4)47(65)56-50(59)68/h7-12,14-19,26,36-38,41,45-46H,13,20-25,27-29H2,1-6H3,(H,53,61)(H,54,66)(H,55,62)(H,56,65,68)/t36-,37+,38+,41+,45+,46-/m1/s1. The molecule has 4 N–H and O–H groups in total. The first-order valence-corrected chi connectivity index (χ1v) is 24.8. The fraction of sp³-hybridized carbons (Fsp3) is 0.451. The van der Waals surface area contributed by atoms with Gasteiger partial charge in [0.15, 0.2) is 6.61 Å². The van der Waals surface area contributed by atoms with Crippen molar-refractivity contribution in [2.75, 3.05) is 25.6 Å². The molecule has 0 aliphatic carbocycles. The van der Waals surface area contributed by atoms with E-state index in [0.717, 1.165) is 26.8 Å². The van der Waals surface area contributed by atoms with Crippen LogP contribution >= 0.6 is 11.8 Å². The lowest BCUT2D eigenvalue weighted by atomic mass is 9.96. The molecule has 21 nitrogen and oxygen atoms in total. The Kier molecular flexibility index (Phi) is 19.0. The second-order valence-electron chi connectivity index (χ2n) is 18.4. The third-order valence-electron chi connectivity index (χ3n) is 12.5. The van der Waals surface area contributed by atoms with Crippen LogP contribution in [0.2, 0.25) is 0 Å². The Labute approximate surface area is 425 Å². The number of nitrogens with one attached hydrogen (secondary N) is 4. The Hall–Kier alpha value is -7.42. The molecule has 3 heterocycles. The van der Waals surface area contributed by atoms with Crippen molar-refractivity contribution in [2.24, 2.45) is 5.11 Å². The molecule has 1 aromatic heterocycles. The van der Waals surface area contributed by atoms with Gasteiger partial charge in [0.05, 0.1) is 18.0 Å². The number of hydrogen-bond acceptors (Lipinski definition) is 14.